The first-order valence-corrected chi connectivity index (χ1v) is 10.0. The van der Waals surface area contributed by atoms with Crippen molar-refractivity contribution in [3.05, 3.63) is 53.8 Å². The predicted molar refractivity (Wildman–Crippen MR) is 113 cm³/mol. The maximum absolute atomic E-state index is 12.2. The number of carbonyl (C=O) groups excluding carboxylic acids is 1. The van der Waals surface area contributed by atoms with Gasteiger partial charge >= 0.3 is 6.09 Å². The first-order chi connectivity index (χ1) is 14.4. The smallest absolute Gasteiger partial charge is 0.417 e. The number of cyclic esters (lactones) is 1. The Morgan fingerprint density at radius 3 is 2.67 bits per heavy atom. The first kappa shape index (κ1) is 20.1. The molecule has 2 aromatic heterocycles. The Balaban J connectivity index is 1.50. The molecule has 2 atom stereocenters. The van der Waals surface area contributed by atoms with Gasteiger partial charge in [0.2, 0.25) is 11.9 Å². The van der Waals surface area contributed by atoms with Crippen molar-refractivity contribution in [2.45, 2.75) is 32.9 Å². The molecular weight excluding hydrogens is 406 g/mol. The lowest BCUT2D eigenvalue weighted by atomic mass is 10.1. The topological polar surface area (TPSA) is 98.1 Å². The number of ether oxygens (including phenoxy) is 1. The SMILES string of the molecule is CC(C)C1COC(=O)N1c1ncnc(N[C@@H](C)c2cn(-c3ccc(Cl)cc3)cn2)n1. The van der Waals surface area contributed by atoms with Crippen LogP contribution in [0.2, 0.25) is 5.02 Å². The summed E-state index contributed by atoms with van der Waals surface area (Å²) in [5.41, 5.74) is 1.77. The van der Waals surface area contributed by atoms with Crippen LogP contribution < -0.4 is 10.2 Å². The van der Waals surface area contributed by atoms with E-state index in [-0.39, 0.29) is 23.9 Å². The molecule has 0 radical (unpaired) electrons. The summed E-state index contributed by atoms with van der Waals surface area (Å²) in [4.78, 5) is 30.9. The molecule has 0 aliphatic carbocycles. The van der Waals surface area contributed by atoms with Gasteiger partial charge in [0.25, 0.3) is 0 Å². The second kappa shape index (κ2) is 8.27. The molecule has 30 heavy (non-hydrogen) atoms. The van der Waals surface area contributed by atoms with E-state index >= 15 is 0 Å². The summed E-state index contributed by atoms with van der Waals surface area (Å²) in [7, 11) is 0. The number of aromatic nitrogens is 5. The Bertz CT molecular complexity index is 1040. The van der Waals surface area contributed by atoms with Crippen molar-refractivity contribution in [3.63, 3.8) is 0 Å². The fourth-order valence-corrected chi connectivity index (χ4v) is 3.34. The molecule has 0 bridgehead atoms. The van der Waals surface area contributed by atoms with E-state index in [1.165, 1.54) is 11.2 Å². The van der Waals surface area contributed by atoms with Crippen LogP contribution in [-0.4, -0.2) is 43.2 Å². The van der Waals surface area contributed by atoms with Crippen LogP contribution in [0.1, 0.15) is 32.5 Å². The number of anilines is 2. The number of hydrogen-bond donors (Lipinski definition) is 1. The van der Waals surface area contributed by atoms with E-state index < -0.39 is 6.09 Å². The number of amides is 1. The molecule has 1 aliphatic rings. The van der Waals surface area contributed by atoms with Gasteiger partial charge in [0.05, 0.1) is 24.1 Å². The molecule has 0 saturated carbocycles. The van der Waals surface area contributed by atoms with Crippen LogP contribution >= 0.6 is 11.6 Å². The molecular formula is C20H22ClN7O2. The third-order valence-electron chi connectivity index (χ3n) is 4.97. The molecule has 1 N–H and O–H groups in total. The van der Waals surface area contributed by atoms with Crippen LogP contribution in [0.4, 0.5) is 16.7 Å². The third-order valence-corrected chi connectivity index (χ3v) is 5.22. The van der Waals surface area contributed by atoms with Gasteiger partial charge in [-0.3, -0.25) is 0 Å². The van der Waals surface area contributed by atoms with E-state index in [2.05, 4.69) is 25.3 Å². The number of carbonyl (C=O) groups is 1. The zero-order chi connectivity index (χ0) is 21.3. The molecule has 156 valence electrons. The van der Waals surface area contributed by atoms with Gasteiger partial charge in [-0.15, -0.1) is 0 Å². The second-order valence-corrected chi connectivity index (χ2v) is 7.85. The second-order valence-electron chi connectivity index (χ2n) is 7.42. The standard InChI is InChI=1S/C20H22ClN7O2/c1-12(2)17-9-30-20(29)28(17)19-23-10-22-18(26-19)25-13(3)16-8-27(11-24-16)15-6-4-14(21)5-7-15/h4-8,10-13,17H,9H2,1-3H3,(H,22,23,25,26)/t13-,17?/m0/s1. The minimum absolute atomic E-state index is 0.111. The van der Waals surface area contributed by atoms with Crippen molar-refractivity contribution in [3.8, 4) is 5.69 Å². The van der Waals surface area contributed by atoms with Gasteiger partial charge in [0, 0.05) is 16.9 Å². The molecule has 1 fully saturated rings. The average Bonchev–Trinajstić information content (AvgIpc) is 3.36. The lowest BCUT2D eigenvalue weighted by Gasteiger charge is -2.22. The molecule has 3 heterocycles. The van der Waals surface area contributed by atoms with Crippen molar-refractivity contribution in [1.82, 2.24) is 24.5 Å². The highest BCUT2D eigenvalue weighted by Gasteiger charge is 2.38. The number of halogens is 1. The quantitative estimate of drug-likeness (QED) is 0.637. The predicted octanol–water partition coefficient (Wildman–Crippen LogP) is 3.87. The minimum Gasteiger partial charge on any atom is -0.447 e. The number of nitrogens with one attached hydrogen (secondary N) is 1. The summed E-state index contributed by atoms with van der Waals surface area (Å²) in [5, 5.41) is 3.90. The molecule has 1 aromatic carbocycles. The third kappa shape index (κ3) is 4.06. The van der Waals surface area contributed by atoms with Gasteiger partial charge in [-0.25, -0.2) is 24.6 Å². The van der Waals surface area contributed by atoms with Crippen molar-refractivity contribution in [2.75, 3.05) is 16.8 Å². The molecule has 9 nitrogen and oxygen atoms in total. The molecule has 3 aromatic rings. The van der Waals surface area contributed by atoms with E-state index in [0.29, 0.717) is 17.6 Å². The molecule has 4 rings (SSSR count). The molecule has 1 aliphatic heterocycles. The fraction of sp³-hybridized carbons (Fsp3) is 0.350. The number of rotatable bonds is 6. The number of benzene rings is 1. The largest absolute Gasteiger partial charge is 0.447 e. The van der Waals surface area contributed by atoms with Crippen LogP contribution in [0.5, 0.6) is 0 Å². The summed E-state index contributed by atoms with van der Waals surface area (Å²) < 4.78 is 7.09. The van der Waals surface area contributed by atoms with Crippen LogP contribution in [0, 0.1) is 5.92 Å². The highest BCUT2D eigenvalue weighted by Crippen LogP contribution is 2.25. The lowest BCUT2D eigenvalue weighted by molar-refractivity contribution is 0.177. The van der Waals surface area contributed by atoms with Gasteiger partial charge in [0.1, 0.15) is 12.9 Å². The van der Waals surface area contributed by atoms with Crippen molar-refractivity contribution in [2.24, 2.45) is 5.92 Å². The highest BCUT2D eigenvalue weighted by molar-refractivity contribution is 6.30. The zero-order valence-electron chi connectivity index (χ0n) is 16.9. The number of nitrogens with zero attached hydrogens (tertiary/aromatic N) is 6. The van der Waals surface area contributed by atoms with Crippen molar-refractivity contribution >= 4 is 29.6 Å². The maximum atomic E-state index is 12.2. The summed E-state index contributed by atoms with van der Waals surface area (Å²) in [6.07, 6.45) is 4.60. The summed E-state index contributed by atoms with van der Waals surface area (Å²) in [5.74, 6) is 0.837. The van der Waals surface area contributed by atoms with E-state index in [4.69, 9.17) is 16.3 Å². The zero-order valence-corrected chi connectivity index (χ0v) is 17.6. The van der Waals surface area contributed by atoms with E-state index in [1.807, 2.05) is 55.8 Å². The molecule has 1 unspecified atom stereocenters. The normalized spacial score (nSPS) is 17.3. The molecule has 0 spiro atoms. The molecule has 1 amide bonds. The summed E-state index contributed by atoms with van der Waals surface area (Å²) in [6.45, 7) is 6.33. The van der Waals surface area contributed by atoms with Crippen LogP contribution in [0.3, 0.4) is 0 Å². The van der Waals surface area contributed by atoms with Gasteiger partial charge < -0.3 is 14.6 Å². The summed E-state index contributed by atoms with van der Waals surface area (Å²) >= 11 is 5.95. The van der Waals surface area contributed by atoms with E-state index in [0.717, 1.165) is 11.4 Å². The Morgan fingerprint density at radius 2 is 1.93 bits per heavy atom. The minimum atomic E-state index is -0.444. The molecule has 1 saturated heterocycles. The van der Waals surface area contributed by atoms with E-state index in [1.54, 1.807) is 6.33 Å². The van der Waals surface area contributed by atoms with Gasteiger partial charge in [-0.05, 0) is 37.1 Å². The fourth-order valence-electron chi connectivity index (χ4n) is 3.21. The van der Waals surface area contributed by atoms with Gasteiger partial charge in [-0.2, -0.15) is 4.98 Å². The highest BCUT2D eigenvalue weighted by atomic mass is 35.5. The van der Waals surface area contributed by atoms with Crippen LogP contribution in [0.15, 0.2) is 43.1 Å². The van der Waals surface area contributed by atoms with Gasteiger partial charge in [0.15, 0.2) is 0 Å². The molecule has 10 heteroatoms. The Hall–Kier alpha value is -3.20. The van der Waals surface area contributed by atoms with Crippen molar-refractivity contribution < 1.29 is 9.53 Å². The average molecular weight is 428 g/mol. The Labute approximate surface area is 179 Å². The monoisotopic (exact) mass is 427 g/mol. The first-order valence-electron chi connectivity index (χ1n) is 9.63. The van der Waals surface area contributed by atoms with Crippen molar-refractivity contribution in [1.29, 1.82) is 0 Å². The van der Waals surface area contributed by atoms with E-state index in [9.17, 15) is 4.79 Å². The van der Waals surface area contributed by atoms with Gasteiger partial charge in [-0.1, -0.05) is 25.4 Å². The van der Waals surface area contributed by atoms with Crippen LogP contribution in [0.25, 0.3) is 5.69 Å². The maximum Gasteiger partial charge on any atom is 0.417 e. The Morgan fingerprint density at radius 1 is 1.17 bits per heavy atom. The Kier molecular flexibility index (Phi) is 5.54. The lowest BCUT2D eigenvalue weighted by Crippen LogP contribution is -2.38. The number of hydrogen-bond acceptors (Lipinski definition) is 7. The number of imidazole rings is 1. The summed E-state index contributed by atoms with van der Waals surface area (Å²) in [6, 6.07) is 7.23. The van der Waals surface area contributed by atoms with Crippen LogP contribution in [-0.2, 0) is 4.74 Å².